The van der Waals surface area contributed by atoms with Crippen LogP contribution in [0.15, 0.2) is 30.3 Å². The Labute approximate surface area is 132 Å². The van der Waals surface area contributed by atoms with Crippen molar-refractivity contribution in [2.45, 2.75) is 7.68 Å². The number of nitrogens with one attached hydrogen (secondary N) is 1. The van der Waals surface area contributed by atoms with Crippen molar-refractivity contribution in [3.63, 3.8) is 0 Å². The Bertz CT molecular complexity index is 626. The van der Waals surface area contributed by atoms with Gasteiger partial charge in [0.15, 0.2) is 2.14 Å². The van der Waals surface area contributed by atoms with Gasteiger partial charge in [0.2, 0.25) is 10.3 Å². The number of hydrogen-bond donors (Lipinski definition) is 1. The van der Waals surface area contributed by atoms with Gasteiger partial charge in [-0.2, -0.15) is 8.42 Å². The van der Waals surface area contributed by atoms with Crippen LogP contribution in [-0.4, -0.2) is 21.5 Å². The molecule has 1 N–H and O–H groups in total. The molecule has 0 saturated heterocycles. The van der Waals surface area contributed by atoms with Crippen LogP contribution in [0.5, 0.6) is 0 Å². The molecule has 1 aromatic rings. The summed E-state index contributed by atoms with van der Waals surface area (Å²) in [5.74, 6) is 0. The van der Waals surface area contributed by atoms with Crippen LogP contribution >= 0.6 is 47.8 Å². The molecule has 0 spiro atoms. The molecule has 1 atom stereocenters. The van der Waals surface area contributed by atoms with E-state index in [-0.39, 0.29) is 0 Å². The van der Waals surface area contributed by atoms with E-state index in [4.69, 9.17) is 0 Å². The predicted molar refractivity (Wildman–Crippen MR) is 86.3 cm³/mol. The van der Waals surface area contributed by atoms with Gasteiger partial charge in [-0.05, 0) is 11.6 Å². The third kappa shape index (κ3) is 2.74. The van der Waals surface area contributed by atoms with Crippen molar-refractivity contribution in [2.24, 2.45) is 0 Å². The van der Waals surface area contributed by atoms with Crippen LogP contribution in [0.1, 0.15) is 5.56 Å². The van der Waals surface area contributed by atoms with E-state index in [0.717, 1.165) is 11.3 Å². The average molecular weight is 458 g/mol. The summed E-state index contributed by atoms with van der Waals surface area (Å²) in [7, 11) is -2.30. The Morgan fingerprint density at radius 2 is 1.89 bits per heavy atom. The summed E-state index contributed by atoms with van der Waals surface area (Å²) >= 11 is 10.2. The Balaban J connectivity index is 2.59. The summed E-state index contributed by atoms with van der Waals surface area (Å²) in [4.78, 5) is 0. The number of halogens is 3. The third-order valence-corrected chi connectivity index (χ3v) is 5.11. The lowest BCUT2D eigenvalue weighted by atomic mass is 9.97. The fraction of sp³-hybridized carbons (Fsp3) is 0.182. The first kappa shape index (κ1) is 14.3. The molecule has 1 unspecified atom stereocenters. The molecule has 0 saturated carbocycles. The topological polar surface area (TPSA) is 46.2 Å². The summed E-state index contributed by atoms with van der Waals surface area (Å²) in [6.07, 6.45) is 3.66. The zero-order valence-corrected chi connectivity index (χ0v) is 14.5. The molecule has 0 radical (unpaired) electrons. The van der Waals surface area contributed by atoms with Gasteiger partial charge in [-0.15, -0.1) is 0 Å². The van der Waals surface area contributed by atoms with Crippen LogP contribution in [0.2, 0.25) is 0 Å². The zero-order valence-electron chi connectivity index (χ0n) is 8.90. The van der Waals surface area contributed by atoms with E-state index < -0.39 is 18.0 Å². The standard InChI is InChI=1S/C11H8Br3NO2S/c12-11(13,14)10(7-18(16)17)6-5-8-3-1-2-4-9(8)15-10/h1-7,15H. The molecule has 1 heterocycles. The van der Waals surface area contributed by atoms with Crippen LogP contribution < -0.4 is 5.32 Å². The quantitative estimate of drug-likeness (QED) is 0.519. The monoisotopic (exact) mass is 455 g/mol. The molecule has 96 valence electrons. The molecule has 1 aliphatic heterocycles. The van der Waals surface area contributed by atoms with Crippen molar-refractivity contribution in [1.82, 2.24) is 0 Å². The summed E-state index contributed by atoms with van der Waals surface area (Å²) in [5.41, 5.74) is 0.938. The molecule has 0 aromatic heterocycles. The highest BCUT2D eigenvalue weighted by molar-refractivity contribution is 9.39. The highest BCUT2D eigenvalue weighted by Crippen LogP contribution is 2.47. The molecule has 1 aliphatic rings. The molecule has 0 bridgehead atoms. The minimum Gasteiger partial charge on any atom is -0.369 e. The minimum atomic E-state index is -2.30. The van der Waals surface area contributed by atoms with Crippen molar-refractivity contribution in [1.29, 1.82) is 0 Å². The second kappa shape index (κ2) is 5.11. The van der Waals surface area contributed by atoms with Crippen LogP contribution in [0.4, 0.5) is 5.69 Å². The van der Waals surface area contributed by atoms with E-state index in [1.165, 1.54) is 5.37 Å². The van der Waals surface area contributed by atoms with E-state index in [0.29, 0.717) is 0 Å². The minimum absolute atomic E-state index is 0.815. The fourth-order valence-electron chi connectivity index (χ4n) is 1.69. The molecule has 0 amide bonds. The number of alkyl halides is 3. The van der Waals surface area contributed by atoms with E-state index in [2.05, 4.69) is 53.1 Å². The maximum Gasteiger partial charge on any atom is 0.212 e. The lowest BCUT2D eigenvalue weighted by Gasteiger charge is -2.38. The first-order chi connectivity index (χ1) is 8.34. The zero-order chi connectivity index (χ0) is 13.4. The van der Waals surface area contributed by atoms with Crippen LogP contribution in [0.3, 0.4) is 0 Å². The SMILES string of the molecule is O=S(=O)=CC1(C(Br)(Br)Br)C=Cc2ccccc2N1. The Morgan fingerprint density at radius 1 is 1.22 bits per heavy atom. The Kier molecular flexibility index (Phi) is 4.06. The lowest BCUT2D eigenvalue weighted by Crippen LogP contribution is -2.50. The van der Waals surface area contributed by atoms with Gasteiger partial charge < -0.3 is 5.32 Å². The summed E-state index contributed by atoms with van der Waals surface area (Å²) in [6.45, 7) is 0. The molecule has 18 heavy (non-hydrogen) atoms. The van der Waals surface area contributed by atoms with Crippen LogP contribution in [0.25, 0.3) is 6.08 Å². The number of para-hydroxylation sites is 1. The number of hydrogen-bond acceptors (Lipinski definition) is 3. The second-order valence-corrected chi connectivity index (χ2v) is 11.3. The first-order valence-electron chi connectivity index (χ1n) is 4.91. The number of fused-ring (bicyclic) bond motifs is 1. The van der Waals surface area contributed by atoms with Crippen molar-refractivity contribution in [3.8, 4) is 0 Å². The number of benzene rings is 1. The van der Waals surface area contributed by atoms with Crippen molar-refractivity contribution >= 4 is 75.2 Å². The van der Waals surface area contributed by atoms with E-state index in [9.17, 15) is 8.42 Å². The largest absolute Gasteiger partial charge is 0.369 e. The summed E-state index contributed by atoms with van der Waals surface area (Å²) < 4.78 is 21.3. The highest BCUT2D eigenvalue weighted by atomic mass is 80.0. The summed E-state index contributed by atoms with van der Waals surface area (Å²) in [5, 5.41) is 4.40. The number of rotatable bonds is 1. The summed E-state index contributed by atoms with van der Waals surface area (Å²) in [6, 6.07) is 7.67. The fourth-order valence-corrected chi connectivity index (χ4v) is 3.80. The van der Waals surface area contributed by atoms with Gasteiger partial charge in [0, 0.05) is 5.69 Å². The third-order valence-electron chi connectivity index (χ3n) is 2.58. The maximum absolute atomic E-state index is 11.0. The first-order valence-corrected chi connectivity index (χ1v) is 8.43. The van der Waals surface area contributed by atoms with Crippen molar-refractivity contribution < 1.29 is 8.42 Å². The molecule has 3 nitrogen and oxygen atoms in total. The van der Waals surface area contributed by atoms with E-state index >= 15 is 0 Å². The second-order valence-electron chi connectivity index (χ2n) is 3.79. The highest BCUT2D eigenvalue weighted by Gasteiger charge is 2.45. The maximum atomic E-state index is 11.0. The van der Waals surface area contributed by atoms with Crippen LogP contribution in [-0.2, 0) is 10.3 Å². The van der Waals surface area contributed by atoms with Gasteiger partial charge in [-0.3, -0.25) is 0 Å². The lowest BCUT2D eigenvalue weighted by molar-refractivity contribution is 0.626. The molecule has 0 aliphatic carbocycles. The van der Waals surface area contributed by atoms with Crippen molar-refractivity contribution in [3.05, 3.63) is 35.9 Å². The van der Waals surface area contributed by atoms with E-state index in [1.54, 1.807) is 6.08 Å². The van der Waals surface area contributed by atoms with Gasteiger partial charge in [0.1, 0.15) is 5.54 Å². The predicted octanol–water partition coefficient (Wildman–Crippen LogP) is 3.38. The van der Waals surface area contributed by atoms with Gasteiger partial charge in [-0.25, -0.2) is 0 Å². The molecular weight excluding hydrogens is 450 g/mol. The molecule has 2 rings (SSSR count). The van der Waals surface area contributed by atoms with Gasteiger partial charge in [0.05, 0.1) is 5.37 Å². The molecule has 0 fully saturated rings. The van der Waals surface area contributed by atoms with Gasteiger partial charge in [0.25, 0.3) is 0 Å². The molecule has 7 heteroatoms. The molecule has 1 aromatic carbocycles. The molecular formula is C11H8Br3NO2S. The smallest absolute Gasteiger partial charge is 0.212 e. The Hall–Kier alpha value is -0.110. The average Bonchev–Trinajstić information content (AvgIpc) is 2.26. The van der Waals surface area contributed by atoms with Crippen molar-refractivity contribution in [2.75, 3.05) is 5.32 Å². The van der Waals surface area contributed by atoms with E-state index in [1.807, 2.05) is 30.3 Å². The van der Waals surface area contributed by atoms with Gasteiger partial charge in [-0.1, -0.05) is 78.1 Å². The number of anilines is 1. The van der Waals surface area contributed by atoms with Gasteiger partial charge >= 0.3 is 0 Å². The normalized spacial score (nSPS) is 21.9. The van der Waals surface area contributed by atoms with Crippen LogP contribution in [0, 0.1) is 0 Å². The Morgan fingerprint density at radius 3 is 2.50 bits per heavy atom.